The molecule has 0 heterocycles. The number of benzene rings is 2. The Bertz CT molecular complexity index is 762. The normalized spacial score (nSPS) is 10.8. The lowest BCUT2D eigenvalue weighted by Crippen LogP contribution is -2.27. The third kappa shape index (κ3) is 6.88. The second kappa shape index (κ2) is 11.2. The van der Waals surface area contributed by atoms with Crippen molar-refractivity contribution in [2.75, 3.05) is 26.2 Å². The summed E-state index contributed by atoms with van der Waals surface area (Å²) in [7, 11) is 0. The predicted molar refractivity (Wildman–Crippen MR) is 106 cm³/mol. The van der Waals surface area contributed by atoms with Gasteiger partial charge in [0.25, 0.3) is 0 Å². The molecule has 0 unspecified atom stereocenters. The largest absolute Gasteiger partial charge is 0.508 e. The Kier molecular flexibility index (Phi) is 9.25. The molecule has 0 saturated carbocycles. The van der Waals surface area contributed by atoms with Gasteiger partial charge in [0.05, 0.1) is 11.3 Å². The van der Waals surface area contributed by atoms with Gasteiger partial charge in [-0.05, 0) is 49.5 Å². The van der Waals surface area contributed by atoms with E-state index in [1.807, 2.05) is 0 Å². The Morgan fingerprint density at radius 1 is 1.04 bits per heavy atom. The molecular weight excluding hydrogens is 370 g/mol. The van der Waals surface area contributed by atoms with Gasteiger partial charge in [-0.3, -0.25) is 0 Å². The fraction of sp³-hybridized carbons (Fsp3) is 0.316. The Morgan fingerprint density at radius 3 is 2.30 bits per heavy atom. The summed E-state index contributed by atoms with van der Waals surface area (Å²) >= 11 is 0. The van der Waals surface area contributed by atoms with Gasteiger partial charge in [0.1, 0.15) is 23.8 Å². The summed E-state index contributed by atoms with van der Waals surface area (Å²) in [6, 6.07) is 10.6. The van der Waals surface area contributed by atoms with Crippen molar-refractivity contribution in [2.24, 2.45) is 10.2 Å². The van der Waals surface area contributed by atoms with Crippen molar-refractivity contribution in [2.45, 2.75) is 13.8 Å². The third-order valence-electron chi connectivity index (χ3n) is 3.87. The average molecular weight is 394 g/mol. The molecule has 0 aliphatic heterocycles. The number of hydrogen-bond acceptors (Lipinski definition) is 7. The molecule has 146 valence electrons. The second-order valence-electron chi connectivity index (χ2n) is 5.58. The molecule has 2 N–H and O–H groups in total. The van der Waals surface area contributed by atoms with Gasteiger partial charge in [0, 0.05) is 12.6 Å². The van der Waals surface area contributed by atoms with Crippen LogP contribution in [0, 0.1) is 0 Å². The molecule has 0 spiro atoms. The van der Waals surface area contributed by atoms with Crippen molar-refractivity contribution in [3.05, 3.63) is 48.0 Å². The third-order valence-corrected chi connectivity index (χ3v) is 3.87. The van der Waals surface area contributed by atoms with Gasteiger partial charge in [-0.1, -0.05) is 13.8 Å². The van der Waals surface area contributed by atoms with Crippen LogP contribution >= 0.6 is 12.4 Å². The Labute approximate surface area is 164 Å². The van der Waals surface area contributed by atoms with E-state index in [-0.39, 0.29) is 35.6 Å². The maximum absolute atomic E-state index is 12.0. The minimum absolute atomic E-state index is 0. The lowest BCUT2D eigenvalue weighted by atomic mass is 10.2. The summed E-state index contributed by atoms with van der Waals surface area (Å²) in [5.41, 5.74) is 1.20. The summed E-state index contributed by atoms with van der Waals surface area (Å²) in [5.74, 6) is -0.593. The van der Waals surface area contributed by atoms with Crippen LogP contribution < -0.4 is 0 Å². The maximum atomic E-state index is 12.0. The number of hydrogen-bond donors (Lipinski definition) is 2. The molecule has 0 aliphatic carbocycles. The van der Waals surface area contributed by atoms with Crippen molar-refractivity contribution < 1.29 is 19.7 Å². The summed E-state index contributed by atoms with van der Waals surface area (Å²) in [5, 5.41) is 26.8. The highest BCUT2D eigenvalue weighted by Gasteiger charge is 2.08. The summed E-state index contributed by atoms with van der Waals surface area (Å²) in [6.45, 7) is 7.03. The van der Waals surface area contributed by atoms with Crippen molar-refractivity contribution in [1.29, 1.82) is 0 Å². The number of nitrogens with zero attached hydrogens (tertiary/aromatic N) is 3. The topological polar surface area (TPSA) is 94.7 Å². The fourth-order valence-electron chi connectivity index (χ4n) is 2.26. The Hall–Kier alpha value is -2.64. The number of carbonyl (C=O) groups excluding carboxylic acids is 1. The monoisotopic (exact) mass is 393 g/mol. The number of esters is 1. The van der Waals surface area contributed by atoms with Gasteiger partial charge in [0.2, 0.25) is 0 Å². The van der Waals surface area contributed by atoms with E-state index in [9.17, 15) is 15.0 Å². The highest BCUT2D eigenvalue weighted by molar-refractivity contribution is 5.89. The molecule has 27 heavy (non-hydrogen) atoms. The van der Waals surface area contributed by atoms with Crippen LogP contribution in [0.2, 0.25) is 0 Å². The molecule has 0 aliphatic rings. The molecule has 0 atom stereocenters. The zero-order chi connectivity index (χ0) is 18.9. The van der Waals surface area contributed by atoms with Gasteiger partial charge in [-0.25, -0.2) is 4.79 Å². The van der Waals surface area contributed by atoms with Crippen LogP contribution in [0.5, 0.6) is 11.5 Å². The predicted octanol–water partition coefficient (Wildman–Crippen LogP) is 4.43. The van der Waals surface area contributed by atoms with E-state index < -0.39 is 0 Å². The molecule has 8 heteroatoms. The molecule has 2 aromatic rings. The van der Waals surface area contributed by atoms with E-state index in [1.54, 1.807) is 24.3 Å². The van der Waals surface area contributed by atoms with Crippen LogP contribution in [0.4, 0.5) is 11.4 Å². The molecule has 0 bridgehead atoms. The Balaban J connectivity index is 0.00000364. The van der Waals surface area contributed by atoms with Crippen LogP contribution in [0.1, 0.15) is 24.2 Å². The zero-order valence-electron chi connectivity index (χ0n) is 15.3. The minimum atomic E-state index is -0.378. The molecule has 0 aromatic heterocycles. The highest BCUT2D eigenvalue weighted by atomic mass is 35.5. The van der Waals surface area contributed by atoms with E-state index in [0.717, 1.165) is 13.1 Å². The van der Waals surface area contributed by atoms with Gasteiger partial charge >= 0.3 is 5.97 Å². The first-order valence-electron chi connectivity index (χ1n) is 8.46. The van der Waals surface area contributed by atoms with Crippen molar-refractivity contribution in [3.8, 4) is 11.5 Å². The van der Waals surface area contributed by atoms with Crippen molar-refractivity contribution in [1.82, 2.24) is 4.90 Å². The lowest BCUT2D eigenvalue weighted by Gasteiger charge is -2.17. The van der Waals surface area contributed by atoms with Crippen molar-refractivity contribution in [3.63, 3.8) is 0 Å². The smallest absolute Gasteiger partial charge is 0.338 e. The van der Waals surface area contributed by atoms with E-state index in [2.05, 4.69) is 29.0 Å². The van der Waals surface area contributed by atoms with Crippen LogP contribution in [-0.4, -0.2) is 47.3 Å². The summed E-state index contributed by atoms with van der Waals surface area (Å²) in [6.07, 6.45) is 0. The molecule has 7 nitrogen and oxygen atoms in total. The number of rotatable bonds is 8. The number of azo groups is 1. The molecule has 0 fully saturated rings. The SMILES string of the molecule is CCN(CC)CCOC(=O)c1ccc(N=Nc2ccc(O)cc2O)cc1.Cl. The van der Waals surface area contributed by atoms with Gasteiger partial charge in [-0.15, -0.1) is 17.5 Å². The molecule has 2 rings (SSSR count). The molecule has 0 saturated heterocycles. The quantitative estimate of drug-likeness (QED) is 0.511. The van der Waals surface area contributed by atoms with E-state index >= 15 is 0 Å². The van der Waals surface area contributed by atoms with Gasteiger partial charge in [-0.2, -0.15) is 5.11 Å². The maximum Gasteiger partial charge on any atom is 0.338 e. The highest BCUT2D eigenvalue weighted by Crippen LogP contribution is 2.31. The number of ether oxygens (including phenoxy) is 1. The number of likely N-dealkylation sites (N-methyl/N-ethyl adjacent to an activating group) is 1. The number of phenolic OH excluding ortho intramolecular Hbond substituents is 2. The van der Waals surface area contributed by atoms with Crippen LogP contribution in [-0.2, 0) is 4.74 Å². The van der Waals surface area contributed by atoms with E-state index in [1.165, 1.54) is 18.2 Å². The standard InChI is InChI=1S/C19H23N3O4.ClH/c1-3-22(4-2)11-12-26-19(25)14-5-7-15(8-6-14)20-21-17-10-9-16(23)13-18(17)24;/h5-10,13,23-24H,3-4,11-12H2,1-2H3;1H. The minimum Gasteiger partial charge on any atom is -0.508 e. The van der Waals surface area contributed by atoms with E-state index in [0.29, 0.717) is 24.4 Å². The summed E-state index contributed by atoms with van der Waals surface area (Å²) in [4.78, 5) is 14.2. The van der Waals surface area contributed by atoms with Crippen molar-refractivity contribution >= 4 is 29.8 Å². The molecule has 0 radical (unpaired) electrons. The van der Waals surface area contributed by atoms with E-state index in [4.69, 9.17) is 4.74 Å². The first kappa shape index (κ1) is 22.4. The zero-order valence-corrected chi connectivity index (χ0v) is 16.1. The number of halogens is 1. The number of aromatic hydroxyl groups is 2. The van der Waals surface area contributed by atoms with Crippen LogP contribution in [0.25, 0.3) is 0 Å². The fourth-order valence-corrected chi connectivity index (χ4v) is 2.26. The molecule has 0 amide bonds. The second-order valence-corrected chi connectivity index (χ2v) is 5.58. The number of carbonyl (C=O) groups is 1. The average Bonchev–Trinajstić information content (AvgIpc) is 2.65. The lowest BCUT2D eigenvalue weighted by molar-refractivity contribution is 0.0466. The Morgan fingerprint density at radius 2 is 1.70 bits per heavy atom. The van der Waals surface area contributed by atoms with Gasteiger partial charge < -0.3 is 19.8 Å². The molecular formula is C19H24ClN3O4. The first-order chi connectivity index (χ1) is 12.5. The number of phenols is 2. The van der Waals surface area contributed by atoms with Gasteiger partial charge in [0.15, 0.2) is 0 Å². The summed E-state index contributed by atoms with van der Waals surface area (Å²) < 4.78 is 5.27. The van der Waals surface area contributed by atoms with Crippen LogP contribution in [0.3, 0.4) is 0 Å². The molecule has 2 aromatic carbocycles. The van der Waals surface area contributed by atoms with Crippen LogP contribution in [0.15, 0.2) is 52.7 Å². The first-order valence-corrected chi connectivity index (χ1v) is 8.46.